The Hall–Kier alpha value is -1.16. The summed E-state index contributed by atoms with van der Waals surface area (Å²) < 4.78 is 13.7. The molecule has 2 nitrogen and oxygen atoms in total. The van der Waals surface area contributed by atoms with Gasteiger partial charge in [-0.05, 0) is 12.1 Å². The number of hydrogen-bond acceptors (Lipinski definition) is 1. The second-order valence-electron chi connectivity index (χ2n) is 2.68. The number of rotatable bonds is 3. The Morgan fingerprint density at radius 2 is 2.14 bits per heavy atom. The maximum absolute atomic E-state index is 13.1. The molecule has 0 radical (unpaired) electrons. The average molecular weight is 258 g/mol. The zero-order valence-corrected chi connectivity index (χ0v) is 8.97. The van der Waals surface area contributed by atoms with Gasteiger partial charge in [0.25, 0.3) is 5.91 Å². The minimum Gasteiger partial charge on any atom is -0.347 e. The minimum absolute atomic E-state index is 0.0428. The molecule has 1 rings (SSSR count). The van der Waals surface area contributed by atoms with Crippen LogP contribution < -0.4 is 5.32 Å². The number of halogens is 2. The van der Waals surface area contributed by atoms with Crippen LogP contribution >= 0.6 is 15.9 Å². The summed E-state index contributed by atoms with van der Waals surface area (Å²) in [5.41, 5.74) is 0.0428. The highest BCUT2D eigenvalue weighted by atomic mass is 79.9. The van der Waals surface area contributed by atoms with Crippen molar-refractivity contribution < 1.29 is 9.18 Å². The largest absolute Gasteiger partial charge is 0.347 e. The van der Waals surface area contributed by atoms with Crippen LogP contribution in [-0.4, -0.2) is 12.5 Å². The Kier molecular flexibility index (Phi) is 3.83. The summed E-state index contributed by atoms with van der Waals surface area (Å²) in [6.45, 7) is 3.84. The summed E-state index contributed by atoms with van der Waals surface area (Å²) in [6.07, 6.45) is 0. The minimum atomic E-state index is -0.523. The first kappa shape index (κ1) is 10.9. The lowest BCUT2D eigenvalue weighted by Crippen LogP contribution is -2.25. The van der Waals surface area contributed by atoms with Crippen molar-refractivity contribution in [3.05, 3.63) is 46.7 Å². The van der Waals surface area contributed by atoms with Gasteiger partial charge >= 0.3 is 0 Å². The van der Waals surface area contributed by atoms with Gasteiger partial charge in [0.05, 0.1) is 5.56 Å². The molecule has 0 bridgehead atoms. The predicted molar refractivity (Wildman–Crippen MR) is 56.8 cm³/mol. The number of amides is 1. The molecule has 0 aliphatic heterocycles. The topological polar surface area (TPSA) is 29.1 Å². The number of benzene rings is 1. The van der Waals surface area contributed by atoms with Crippen LogP contribution in [-0.2, 0) is 0 Å². The van der Waals surface area contributed by atoms with Crippen LogP contribution in [0.1, 0.15) is 10.4 Å². The number of hydrogen-bond donors (Lipinski definition) is 1. The van der Waals surface area contributed by atoms with Gasteiger partial charge in [-0.2, -0.15) is 0 Å². The molecule has 0 spiro atoms. The van der Waals surface area contributed by atoms with Crippen LogP contribution in [0.2, 0.25) is 0 Å². The Morgan fingerprint density at radius 3 is 2.71 bits per heavy atom. The highest BCUT2D eigenvalue weighted by Gasteiger charge is 2.09. The molecule has 0 unspecified atom stereocenters. The molecule has 1 aromatic rings. The smallest absolute Gasteiger partial charge is 0.254 e. The van der Waals surface area contributed by atoms with E-state index < -0.39 is 11.7 Å². The van der Waals surface area contributed by atoms with E-state index in [-0.39, 0.29) is 12.1 Å². The van der Waals surface area contributed by atoms with Gasteiger partial charge in [-0.15, -0.1) is 0 Å². The van der Waals surface area contributed by atoms with Crippen molar-refractivity contribution in [1.29, 1.82) is 0 Å². The molecule has 4 heteroatoms. The molecule has 0 aliphatic rings. The lowest BCUT2D eigenvalue weighted by Gasteiger charge is -2.04. The highest BCUT2D eigenvalue weighted by molar-refractivity contribution is 9.11. The van der Waals surface area contributed by atoms with Crippen molar-refractivity contribution >= 4 is 21.8 Å². The molecule has 0 saturated heterocycles. The fourth-order valence-corrected chi connectivity index (χ4v) is 1.06. The molecular formula is C10H9BrFNO. The Balaban J connectivity index is 2.70. The normalized spacial score (nSPS) is 9.57. The fraction of sp³-hybridized carbons (Fsp3) is 0.100. The van der Waals surface area contributed by atoms with E-state index in [1.807, 2.05) is 0 Å². The maximum atomic E-state index is 13.1. The summed E-state index contributed by atoms with van der Waals surface area (Å²) in [5.74, 6) is -0.964. The molecule has 1 N–H and O–H groups in total. The van der Waals surface area contributed by atoms with E-state index in [0.29, 0.717) is 4.48 Å². The van der Waals surface area contributed by atoms with Crippen LogP contribution in [0.25, 0.3) is 0 Å². The maximum Gasteiger partial charge on any atom is 0.254 e. The molecular weight excluding hydrogens is 249 g/mol. The van der Waals surface area contributed by atoms with Gasteiger partial charge in [0, 0.05) is 11.0 Å². The number of carbonyl (C=O) groups excluding carboxylic acids is 1. The van der Waals surface area contributed by atoms with E-state index in [1.54, 1.807) is 6.07 Å². The van der Waals surface area contributed by atoms with Crippen LogP contribution in [0.4, 0.5) is 4.39 Å². The SMILES string of the molecule is C=C(Br)CNC(=O)c1ccccc1F. The van der Waals surface area contributed by atoms with Gasteiger partial charge in [0.2, 0.25) is 0 Å². The van der Waals surface area contributed by atoms with Crippen molar-refractivity contribution in [2.24, 2.45) is 0 Å². The van der Waals surface area contributed by atoms with Crippen molar-refractivity contribution in [3.63, 3.8) is 0 Å². The van der Waals surface area contributed by atoms with E-state index >= 15 is 0 Å². The first-order valence-electron chi connectivity index (χ1n) is 3.97. The standard InChI is InChI=1S/C10H9BrFNO/c1-7(11)6-13-10(14)8-4-2-3-5-9(8)12/h2-5H,1,6H2,(H,13,14). The summed E-state index contributed by atoms with van der Waals surface area (Å²) in [7, 11) is 0. The average Bonchev–Trinajstić information content (AvgIpc) is 2.15. The Labute approximate surface area is 89.9 Å². The third-order valence-electron chi connectivity index (χ3n) is 1.56. The van der Waals surface area contributed by atoms with Gasteiger partial charge in [-0.3, -0.25) is 4.79 Å². The molecule has 0 saturated carbocycles. The molecule has 74 valence electrons. The summed E-state index contributed by atoms with van der Waals surface area (Å²) in [4.78, 5) is 11.4. The number of nitrogens with one attached hydrogen (secondary N) is 1. The van der Waals surface area contributed by atoms with Gasteiger partial charge in [0.15, 0.2) is 0 Å². The Bertz CT molecular complexity index is 365. The lowest BCUT2D eigenvalue weighted by atomic mass is 10.2. The van der Waals surface area contributed by atoms with Gasteiger partial charge in [0.1, 0.15) is 5.82 Å². The second-order valence-corrected chi connectivity index (χ2v) is 3.80. The van der Waals surface area contributed by atoms with Crippen molar-refractivity contribution in [2.75, 3.05) is 6.54 Å². The van der Waals surface area contributed by atoms with Crippen LogP contribution in [0.5, 0.6) is 0 Å². The van der Waals surface area contributed by atoms with Crippen LogP contribution in [0.3, 0.4) is 0 Å². The first-order valence-corrected chi connectivity index (χ1v) is 4.76. The van der Waals surface area contributed by atoms with Gasteiger partial charge < -0.3 is 5.32 Å². The molecule has 0 aromatic heterocycles. The summed E-state index contributed by atoms with van der Waals surface area (Å²) in [6, 6.07) is 5.83. The van der Waals surface area contributed by atoms with E-state index in [9.17, 15) is 9.18 Å². The predicted octanol–water partition coefficient (Wildman–Crippen LogP) is 2.46. The van der Waals surface area contributed by atoms with Gasteiger partial charge in [-0.25, -0.2) is 4.39 Å². The number of carbonyl (C=O) groups is 1. The summed E-state index contributed by atoms with van der Waals surface area (Å²) in [5, 5.41) is 2.51. The zero-order chi connectivity index (χ0) is 10.6. The Morgan fingerprint density at radius 1 is 1.50 bits per heavy atom. The van der Waals surface area contributed by atoms with Crippen molar-refractivity contribution in [1.82, 2.24) is 5.32 Å². The second kappa shape index (κ2) is 4.91. The highest BCUT2D eigenvalue weighted by Crippen LogP contribution is 2.06. The monoisotopic (exact) mass is 257 g/mol. The van der Waals surface area contributed by atoms with Crippen LogP contribution in [0, 0.1) is 5.82 Å². The van der Waals surface area contributed by atoms with E-state index in [4.69, 9.17) is 0 Å². The molecule has 0 fully saturated rings. The third kappa shape index (κ3) is 2.96. The van der Waals surface area contributed by atoms with E-state index in [0.717, 1.165) is 0 Å². The van der Waals surface area contributed by atoms with Crippen LogP contribution in [0.15, 0.2) is 35.3 Å². The van der Waals surface area contributed by atoms with Crippen molar-refractivity contribution in [2.45, 2.75) is 0 Å². The molecule has 1 amide bonds. The molecule has 14 heavy (non-hydrogen) atoms. The quantitative estimate of drug-likeness (QED) is 0.886. The lowest BCUT2D eigenvalue weighted by molar-refractivity contribution is 0.0954. The van der Waals surface area contributed by atoms with Crippen molar-refractivity contribution in [3.8, 4) is 0 Å². The fourth-order valence-electron chi connectivity index (χ4n) is 0.917. The molecule has 0 atom stereocenters. The molecule has 0 heterocycles. The van der Waals surface area contributed by atoms with Gasteiger partial charge in [-0.1, -0.05) is 34.6 Å². The summed E-state index contributed by atoms with van der Waals surface area (Å²) >= 11 is 3.09. The molecule has 0 aliphatic carbocycles. The third-order valence-corrected chi connectivity index (χ3v) is 1.84. The zero-order valence-electron chi connectivity index (χ0n) is 7.39. The first-order chi connectivity index (χ1) is 6.61. The molecule has 1 aromatic carbocycles. The van der Waals surface area contributed by atoms with E-state index in [2.05, 4.69) is 27.8 Å². The van der Waals surface area contributed by atoms with E-state index in [1.165, 1.54) is 18.2 Å².